The lowest BCUT2D eigenvalue weighted by Gasteiger charge is -2.34. The molecule has 1 saturated heterocycles. The molecule has 0 spiro atoms. The molecule has 1 amide bonds. The lowest BCUT2D eigenvalue weighted by molar-refractivity contribution is 0.0933. The summed E-state index contributed by atoms with van der Waals surface area (Å²) in [5.74, 6) is 1.49. The van der Waals surface area contributed by atoms with E-state index in [2.05, 4.69) is 29.0 Å². The summed E-state index contributed by atoms with van der Waals surface area (Å²) >= 11 is 1.50. The average molecular weight is 307 g/mol. The number of rotatable bonds is 5. The van der Waals surface area contributed by atoms with Crippen LogP contribution in [0.5, 0.6) is 0 Å². The van der Waals surface area contributed by atoms with Crippen molar-refractivity contribution in [3.63, 3.8) is 0 Å². The molecule has 4 nitrogen and oxygen atoms in total. The summed E-state index contributed by atoms with van der Waals surface area (Å²) < 4.78 is 0. The molecule has 1 aliphatic heterocycles. The van der Waals surface area contributed by atoms with Gasteiger partial charge in [0.2, 0.25) is 0 Å². The van der Waals surface area contributed by atoms with Crippen LogP contribution in [0.25, 0.3) is 0 Å². The van der Waals surface area contributed by atoms with Gasteiger partial charge in [0.05, 0.1) is 5.56 Å². The molecule has 2 rings (SSSR count). The maximum Gasteiger partial charge on any atom is 0.254 e. The number of amides is 1. The van der Waals surface area contributed by atoms with Crippen LogP contribution >= 0.6 is 11.8 Å². The number of aromatic nitrogens is 1. The molecule has 0 aromatic carbocycles. The Bertz CT molecular complexity index is 470. The predicted molar refractivity (Wildman–Crippen MR) is 87.7 cm³/mol. The zero-order chi connectivity index (χ0) is 15.2. The molecule has 5 heteroatoms. The van der Waals surface area contributed by atoms with Gasteiger partial charge >= 0.3 is 0 Å². The van der Waals surface area contributed by atoms with Gasteiger partial charge in [-0.2, -0.15) is 0 Å². The van der Waals surface area contributed by atoms with E-state index < -0.39 is 0 Å². The van der Waals surface area contributed by atoms with Crippen molar-refractivity contribution < 1.29 is 4.79 Å². The summed E-state index contributed by atoms with van der Waals surface area (Å²) in [5, 5.41) is 3.80. The summed E-state index contributed by atoms with van der Waals surface area (Å²) in [5.41, 5.74) is 0.672. The van der Waals surface area contributed by atoms with Crippen LogP contribution in [0.3, 0.4) is 0 Å². The first kappa shape index (κ1) is 16.3. The highest BCUT2D eigenvalue weighted by molar-refractivity contribution is 7.98. The lowest BCUT2D eigenvalue weighted by atomic mass is 9.92. The van der Waals surface area contributed by atoms with Crippen LogP contribution in [-0.4, -0.2) is 48.2 Å². The van der Waals surface area contributed by atoms with E-state index in [1.54, 1.807) is 6.20 Å². The molecule has 0 bridgehead atoms. The van der Waals surface area contributed by atoms with E-state index in [1.165, 1.54) is 18.2 Å². The molecule has 0 radical (unpaired) electrons. The van der Waals surface area contributed by atoms with E-state index in [0.717, 1.165) is 36.5 Å². The Labute approximate surface area is 131 Å². The van der Waals surface area contributed by atoms with Crippen LogP contribution < -0.4 is 5.32 Å². The molecular formula is C16H25N3OS. The summed E-state index contributed by atoms with van der Waals surface area (Å²) in [6.45, 7) is 8.52. The van der Waals surface area contributed by atoms with Crippen LogP contribution in [-0.2, 0) is 0 Å². The summed E-state index contributed by atoms with van der Waals surface area (Å²) in [7, 11) is 0. The van der Waals surface area contributed by atoms with E-state index in [1.807, 2.05) is 18.4 Å². The van der Waals surface area contributed by atoms with Crippen molar-refractivity contribution >= 4 is 17.7 Å². The van der Waals surface area contributed by atoms with Crippen molar-refractivity contribution in [2.24, 2.45) is 11.8 Å². The standard InChI is InChI=1S/C16H25N3OS/c1-12-9-13(2)11-19(10-12)8-7-17-15(20)14-5-4-6-18-16(14)21-3/h4-6,12-13H,7-11H2,1-3H3,(H,17,20)/t12-,13+. The van der Waals surface area contributed by atoms with Crippen molar-refractivity contribution in [2.75, 3.05) is 32.4 Å². The number of hydrogen-bond acceptors (Lipinski definition) is 4. The number of carbonyl (C=O) groups is 1. The van der Waals surface area contributed by atoms with Gasteiger partial charge in [-0.15, -0.1) is 11.8 Å². The molecule has 2 atom stereocenters. The SMILES string of the molecule is CSc1ncccc1C(=O)NCCN1C[C@H](C)C[C@H](C)C1. The molecule has 1 aromatic rings. The second-order valence-corrected chi connectivity index (χ2v) is 6.82. The normalized spacial score (nSPS) is 23.0. The van der Waals surface area contributed by atoms with Gasteiger partial charge in [-0.05, 0) is 36.6 Å². The smallest absolute Gasteiger partial charge is 0.254 e. The quantitative estimate of drug-likeness (QED) is 0.849. The fourth-order valence-corrected chi connectivity index (χ4v) is 3.67. The molecule has 2 heterocycles. The number of nitrogens with zero attached hydrogens (tertiary/aromatic N) is 2. The Morgan fingerprint density at radius 2 is 2.14 bits per heavy atom. The topological polar surface area (TPSA) is 45.2 Å². The van der Waals surface area contributed by atoms with Crippen molar-refractivity contribution in [1.82, 2.24) is 15.2 Å². The predicted octanol–water partition coefficient (Wildman–Crippen LogP) is 2.51. The molecule has 1 aromatic heterocycles. The molecule has 1 fully saturated rings. The number of piperidine rings is 1. The third-order valence-corrected chi connectivity index (χ3v) is 4.58. The molecule has 21 heavy (non-hydrogen) atoms. The van der Waals surface area contributed by atoms with Crippen molar-refractivity contribution in [1.29, 1.82) is 0 Å². The van der Waals surface area contributed by atoms with Crippen LogP contribution in [0.2, 0.25) is 0 Å². The van der Waals surface area contributed by atoms with Gasteiger partial charge in [-0.1, -0.05) is 13.8 Å². The first-order valence-corrected chi connectivity index (χ1v) is 8.82. The van der Waals surface area contributed by atoms with Gasteiger partial charge < -0.3 is 10.2 Å². The third-order valence-electron chi connectivity index (χ3n) is 3.87. The van der Waals surface area contributed by atoms with Crippen LogP contribution in [0.15, 0.2) is 23.4 Å². The lowest BCUT2D eigenvalue weighted by Crippen LogP contribution is -2.42. The molecular weight excluding hydrogens is 282 g/mol. The molecule has 0 unspecified atom stereocenters. The third kappa shape index (κ3) is 4.71. The highest BCUT2D eigenvalue weighted by Crippen LogP contribution is 2.20. The minimum atomic E-state index is -0.0226. The fraction of sp³-hybridized carbons (Fsp3) is 0.625. The molecule has 1 aliphatic rings. The summed E-state index contributed by atoms with van der Waals surface area (Å²) in [4.78, 5) is 18.9. The molecule has 0 saturated carbocycles. The van der Waals surface area contributed by atoms with Crippen LogP contribution in [0.1, 0.15) is 30.6 Å². The number of carbonyl (C=O) groups excluding carboxylic acids is 1. The maximum absolute atomic E-state index is 12.2. The van der Waals surface area contributed by atoms with Crippen molar-refractivity contribution in [2.45, 2.75) is 25.3 Å². The summed E-state index contributed by atoms with van der Waals surface area (Å²) in [6.07, 6.45) is 4.98. The van der Waals surface area contributed by atoms with Gasteiger partial charge in [-0.25, -0.2) is 4.98 Å². The van der Waals surface area contributed by atoms with E-state index in [-0.39, 0.29) is 5.91 Å². The van der Waals surface area contributed by atoms with E-state index in [9.17, 15) is 4.79 Å². The Morgan fingerprint density at radius 3 is 2.81 bits per heavy atom. The number of likely N-dealkylation sites (tertiary alicyclic amines) is 1. The highest BCUT2D eigenvalue weighted by Gasteiger charge is 2.21. The molecule has 0 aliphatic carbocycles. The average Bonchev–Trinajstić information content (AvgIpc) is 2.46. The minimum absolute atomic E-state index is 0.0226. The van der Waals surface area contributed by atoms with E-state index >= 15 is 0 Å². The van der Waals surface area contributed by atoms with Gasteiger partial charge in [0, 0.05) is 32.4 Å². The minimum Gasteiger partial charge on any atom is -0.351 e. The van der Waals surface area contributed by atoms with Gasteiger partial charge in [-0.3, -0.25) is 4.79 Å². The van der Waals surface area contributed by atoms with Gasteiger partial charge in [0.25, 0.3) is 5.91 Å². The summed E-state index contributed by atoms with van der Waals surface area (Å²) in [6, 6.07) is 3.64. The van der Waals surface area contributed by atoms with Gasteiger partial charge in [0.15, 0.2) is 0 Å². The maximum atomic E-state index is 12.2. The number of nitrogens with one attached hydrogen (secondary N) is 1. The Balaban J connectivity index is 1.81. The van der Waals surface area contributed by atoms with Gasteiger partial charge in [0.1, 0.15) is 5.03 Å². The number of pyridine rings is 1. The van der Waals surface area contributed by atoms with Crippen molar-refractivity contribution in [3.05, 3.63) is 23.9 Å². The Kier molecular flexibility index (Phi) is 6.06. The molecule has 1 N–H and O–H groups in total. The number of hydrogen-bond donors (Lipinski definition) is 1. The zero-order valence-corrected chi connectivity index (χ0v) is 13.9. The highest BCUT2D eigenvalue weighted by atomic mass is 32.2. The largest absolute Gasteiger partial charge is 0.351 e. The molecule has 116 valence electrons. The van der Waals surface area contributed by atoms with Crippen LogP contribution in [0, 0.1) is 11.8 Å². The van der Waals surface area contributed by atoms with Crippen molar-refractivity contribution in [3.8, 4) is 0 Å². The second-order valence-electron chi connectivity index (χ2n) is 6.02. The monoisotopic (exact) mass is 307 g/mol. The number of thioether (sulfide) groups is 1. The van der Waals surface area contributed by atoms with Crippen LogP contribution in [0.4, 0.5) is 0 Å². The zero-order valence-electron chi connectivity index (χ0n) is 13.1. The van der Waals surface area contributed by atoms with E-state index in [0.29, 0.717) is 12.1 Å². The second kappa shape index (κ2) is 7.80. The Morgan fingerprint density at radius 1 is 1.43 bits per heavy atom. The first-order valence-electron chi connectivity index (χ1n) is 7.59. The Hall–Kier alpha value is -1.07. The first-order chi connectivity index (χ1) is 10.1. The van der Waals surface area contributed by atoms with E-state index in [4.69, 9.17) is 0 Å². The fourth-order valence-electron chi connectivity index (χ4n) is 3.12.